The van der Waals surface area contributed by atoms with Gasteiger partial charge in [-0.3, -0.25) is 9.80 Å². The van der Waals surface area contributed by atoms with E-state index in [9.17, 15) is 5.11 Å². The van der Waals surface area contributed by atoms with Gasteiger partial charge in [0.15, 0.2) is 0 Å². The number of nitrogens with zero attached hydrogens (tertiary/aromatic N) is 4. The highest BCUT2D eigenvalue weighted by Crippen LogP contribution is 2.46. The monoisotopic (exact) mass is 621 g/mol. The van der Waals surface area contributed by atoms with Crippen molar-refractivity contribution in [3.63, 3.8) is 0 Å². The summed E-state index contributed by atoms with van der Waals surface area (Å²) >= 11 is 0. The van der Waals surface area contributed by atoms with E-state index in [2.05, 4.69) is 93.5 Å². The highest BCUT2D eigenvalue weighted by atomic mass is 16.5. The number of benzene rings is 1. The lowest BCUT2D eigenvalue weighted by Gasteiger charge is -2.40. The number of rotatable bonds is 13. The number of aromatic hydroxyl groups is 1. The van der Waals surface area contributed by atoms with Gasteiger partial charge in [-0.2, -0.15) is 0 Å². The SMILES string of the molecule is CC(C)=CCCC(C)=CCCC(C)=CCC[C@]1(C)CCc2c(CN3CCN(C)CC3)c(O)c(CN3CCN(C)CC3)c(C)c2O1. The van der Waals surface area contributed by atoms with Crippen LogP contribution in [0.3, 0.4) is 0 Å². The number of phenolic OH excluding ortho intramolecular Hbond substituents is 1. The lowest BCUT2D eigenvalue weighted by atomic mass is 9.84. The van der Waals surface area contributed by atoms with Crippen LogP contribution in [0.5, 0.6) is 11.5 Å². The van der Waals surface area contributed by atoms with E-state index in [0.29, 0.717) is 5.75 Å². The lowest BCUT2D eigenvalue weighted by molar-refractivity contribution is 0.0549. The fraction of sp³-hybridized carbons (Fsp3) is 0.692. The van der Waals surface area contributed by atoms with Gasteiger partial charge in [0, 0.05) is 82.1 Å². The van der Waals surface area contributed by atoms with E-state index in [4.69, 9.17) is 4.74 Å². The molecular formula is C39H64N4O2. The molecule has 4 rings (SSSR count). The minimum Gasteiger partial charge on any atom is -0.507 e. The van der Waals surface area contributed by atoms with Gasteiger partial charge < -0.3 is 19.6 Å². The van der Waals surface area contributed by atoms with Gasteiger partial charge in [0.1, 0.15) is 17.1 Å². The summed E-state index contributed by atoms with van der Waals surface area (Å²) in [4.78, 5) is 9.81. The van der Waals surface area contributed by atoms with Gasteiger partial charge >= 0.3 is 0 Å². The number of allylic oxidation sites excluding steroid dienone is 6. The first-order chi connectivity index (χ1) is 21.4. The zero-order valence-corrected chi connectivity index (χ0v) is 30.1. The van der Waals surface area contributed by atoms with Crippen molar-refractivity contribution in [2.45, 2.75) is 112 Å². The van der Waals surface area contributed by atoms with Crippen molar-refractivity contribution in [3.05, 3.63) is 57.2 Å². The molecule has 1 N–H and O–H groups in total. The van der Waals surface area contributed by atoms with Crippen LogP contribution in [0.15, 0.2) is 34.9 Å². The van der Waals surface area contributed by atoms with Crippen molar-refractivity contribution < 1.29 is 9.84 Å². The van der Waals surface area contributed by atoms with Crippen molar-refractivity contribution in [3.8, 4) is 11.5 Å². The van der Waals surface area contributed by atoms with Gasteiger partial charge in [-0.25, -0.2) is 0 Å². The quantitative estimate of drug-likeness (QED) is 0.231. The molecule has 6 heteroatoms. The van der Waals surface area contributed by atoms with Gasteiger partial charge in [0.05, 0.1) is 0 Å². The van der Waals surface area contributed by atoms with Crippen molar-refractivity contribution in [1.29, 1.82) is 0 Å². The van der Waals surface area contributed by atoms with Crippen molar-refractivity contribution in [2.75, 3.05) is 66.5 Å². The van der Waals surface area contributed by atoms with Crippen LogP contribution in [-0.4, -0.2) is 96.8 Å². The maximum atomic E-state index is 11.8. The fourth-order valence-corrected chi connectivity index (χ4v) is 7.05. The highest BCUT2D eigenvalue weighted by molar-refractivity contribution is 5.59. The maximum Gasteiger partial charge on any atom is 0.127 e. The Labute approximate surface area is 275 Å². The van der Waals surface area contributed by atoms with E-state index in [-0.39, 0.29) is 5.60 Å². The second-order valence-corrected chi connectivity index (χ2v) is 14.9. The molecule has 0 aromatic heterocycles. The zero-order chi connectivity index (χ0) is 32.6. The van der Waals surface area contributed by atoms with E-state index in [1.165, 1.54) is 22.3 Å². The smallest absolute Gasteiger partial charge is 0.127 e. The van der Waals surface area contributed by atoms with Crippen molar-refractivity contribution in [1.82, 2.24) is 19.6 Å². The first-order valence-corrected chi connectivity index (χ1v) is 17.8. The number of phenols is 1. The Morgan fingerprint density at radius 3 is 1.82 bits per heavy atom. The predicted octanol–water partition coefficient (Wildman–Crippen LogP) is 7.48. The Balaban J connectivity index is 1.45. The van der Waals surface area contributed by atoms with Gasteiger partial charge in [0.2, 0.25) is 0 Å². The third-order valence-electron chi connectivity index (χ3n) is 10.5. The van der Waals surface area contributed by atoms with Crippen molar-refractivity contribution >= 4 is 0 Å². The molecule has 6 nitrogen and oxygen atoms in total. The third-order valence-corrected chi connectivity index (χ3v) is 10.5. The number of hydrogen-bond donors (Lipinski definition) is 1. The number of fused-ring (bicyclic) bond motifs is 1. The van der Waals surface area contributed by atoms with E-state index < -0.39 is 0 Å². The topological polar surface area (TPSA) is 42.4 Å². The molecule has 1 aromatic rings. The second kappa shape index (κ2) is 16.6. The number of likely N-dealkylation sites (N-methyl/N-ethyl adjacent to an activating group) is 2. The minimum atomic E-state index is -0.191. The molecule has 0 spiro atoms. The minimum absolute atomic E-state index is 0.191. The normalized spacial score (nSPS) is 22.8. The molecular weight excluding hydrogens is 556 g/mol. The molecule has 0 unspecified atom stereocenters. The third kappa shape index (κ3) is 10.4. The zero-order valence-electron chi connectivity index (χ0n) is 30.1. The summed E-state index contributed by atoms with van der Waals surface area (Å²) in [6.07, 6.45) is 15.8. The Kier molecular flexibility index (Phi) is 13.2. The summed E-state index contributed by atoms with van der Waals surface area (Å²) in [5, 5.41) is 11.8. The van der Waals surface area contributed by atoms with Crippen LogP contribution in [0.2, 0.25) is 0 Å². The molecule has 0 aliphatic carbocycles. The molecule has 0 radical (unpaired) electrons. The summed E-state index contributed by atoms with van der Waals surface area (Å²) in [7, 11) is 4.40. The molecule has 3 heterocycles. The van der Waals surface area contributed by atoms with Gasteiger partial charge in [0.25, 0.3) is 0 Å². The molecule has 0 amide bonds. The molecule has 252 valence electrons. The van der Waals surface area contributed by atoms with Crippen LogP contribution in [0.4, 0.5) is 0 Å². The molecule has 3 aliphatic heterocycles. The summed E-state index contributed by atoms with van der Waals surface area (Å²) in [5.41, 5.74) is 8.79. The molecule has 1 aromatic carbocycles. The first-order valence-electron chi connectivity index (χ1n) is 17.8. The Morgan fingerprint density at radius 1 is 0.756 bits per heavy atom. The lowest BCUT2D eigenvalue weighted by Crippen LogP contribution is -2.44. The van der Waals surface area contributed by atoms with E-state index >= 15 is 0 Å². The fourth-order valence-electron chi connectivity index (χ4n) is 7.05. The van der Waals surface area contributed by atoms with Crippen LogP contribution >= 0.6 is 0 Å². The number of piperazine rings is 2. The molecule has 2 fully saturated rings. The van der Waals surface area contributed by atoms with Gasteiger partial charge in [-0.1, -0.05) is 34.9 Å². The maximum absolute atomic E-state index is 11.8. The summed E-state index contributed by atoms with van der Waals surface area (Å²) in [6.45, 7) is 23.5. The average Bonchev–Trinajstić information content (AvgIpc) is 2.99. The van der Waals surface area contributed by atoms with Crippen molar-refractivity contribution in [2.24, 2.45) is 0 Å². The Hall–Kier alpha value is -2.12. The van der Waals surface area contributed by atoms with Crippen LogP contribution in [0.1, 0.15) is 102 Å². The predicted molar refractivity (Wildman–Crippen MR) is 190 cm³/mol. The molecule has 0 saturated carbocycles. The number of ether oxygens (including phenoxy) is 1. The summed E-state index contributed by atoms with van der Waals surface area (Å²) < 4.78 is 7.04. The molecule has 1 atom stereocenters. The largest absolute Gasteiger partial charge is 0.507 e. The first kappa shape index (κ1) is 35.7. The van der Waals surface area contributed by atoms with Crippen LogP contribution in [-0.2, 0) is 19.5 Å². The number of hydrogen-bond acceptors (Lipinski definition) is 6. The van der Waals surface area contributed by atoms with Crippen LogP contribution < -0.4 is 4.74 Å². The van der Waals surface area contributed by atoms with Gasteiger partial charge in [-0.05, 0) is 113 Å². The van der Waals surface area contributed by atoms with Crippen LogP contribution in [0.25, 0.3) is 0 Å². The molecule has 45 heavy (non-hydrogen) atoms. The van der Waals surface area contributed by atoms with E-state index in [1.54, 1.807) is 0 Å². The van der Waals surface area contributed by atoms with Crippen LogP contribution in [0, 0.1) is 6.92 Å². The highest BCUT2D eigenvalue weighted by Gasteiger charge is 2.36. The van der Waals surface area contributed by atoms with Gasteiger partial charge in [-0.15, -0.1) is 0 Å². The Bertz CT molecular complexity index is 1210. The molecule has 0 bridgehead atoms. The Morgan fingerprint density at radius 2 is 1.27 bits per heavy atom. The van der Waals surface area contributed by atoms with E-state index in [1.807, 2.05) is 0 Å². The summed E-state index contributed by atoms with van der Waals surface area (Å²) in [5.74, 6) is 1.58. The summed E-state index contributed by atoms with van der Waals surface area (Å²) in [6, 6.07) is 0. The second-order valence-electron chi connectivity index (χ2n) is 14.9. The molecule has 2 saturated heterocycles. The standard InChI is InChI=1S/C39H64N4O2/c1-30(2)12-9-13-31(3)14-10-15-32(4)16-11-18-39(6)19-17-34-36(29-43-26-22-41(8)23-27-43)37(44)35(33(5)38(34)45-39)28-42-24-20-40(7)21-25-42/h12,14,16,44H,9-11,13,15,17-29H2,1-8H3/t39-/m1/s1. The van der Waals surface area contributed by atoms with E-state index in [0.717, 1.165) is 139 Å². The molecule has 3 aliphatic rings. The average molecular weight is 621 g/mol.